The van der Waals surface area contributed by atoms with Crippen molar-refractivity contribution in [3.05, 3.63) is 126 Å². The number of aromatic nitrogens is 2. The zero-order valence-electron chi connectivity index (χ0n) is 15.9. The number of hydrogen-bond donors (Lipinski definition) is 0. The highest BCUT2D eigenvalue weighted by Crippen LogP contribution is 2.40. The molecule has 3 nitrogen and oxygen atoms in total. The second kappa shape index (κ2) is 8.46. The summed E-state index contributed by atoms with van der Waals surface area (Å²) in [5.74, 6) is 0. The van der Waals surface area contributed by atoms with E-state index in [9.17, 15) is 4.79 Å². The monoisotopic (exact) mass is 400 g/mol. The minimum absolute atomic E-state index is 0.271. The van der Waals surface area contributed by atoms with E-state index in [-0.39, 0.29) is 11.7 Å². The van der Waals surface area contributed by atoms with E-state index in [2.05, 4.69) is 82.3 Å². The molecule has 144 valence electrons. The molecule has 3 aromatic carbocycles. The molecule has 0 fully saturated rings. The molecule has 1 heterocycles. The minimum Gasteiger partial charge on any atom is -0.319 e. The van der Waals surface area contributed by atoms with Crippen LogP contribution in [0, 0.1) is 0 Å². The van der Waals surface area contributed by atoms with Crippen LogP contribution < -0.4 is 0 Å². The van der Waals surface area contributed by atoms with Crippen LogP contribution in [0.25, 0.3) is 0 Å². The molecule has 0 aliphatic rings. The first kappa shape index (κ1) is 19.2. The molecule has 4 heteroatoms. The fourth-order valence-corrected chi connectivity index (χ4v) is 3.98. The molecule has 0 aliphatic heterocycles. The molecule has 0 spiro atoms. The summed E-state index contributed by atoms with van der Waals surface area (Å²) in [5.41, 5.74) is 3.66. The first-order chi connectivity index (χ1) is 14.2. The molecule has 0 saturated carbocycles. The lowest BCUT2D eigenvalue weighted by atomic mass is 9.77. The maximum Gasteiger partial charge on any atom is 0.222 e. The standard InChI is InChI=1S/C25H21ClN2O/c26-24(29)17-16-23-18-28(19-27-23)25(20-10-4-1-5-11-20,21-12-6-2-7-13-21)22-14-8-3-9-15-22/h1-15,18-19H,16-17H2. The van der Waals surface area contributed by atoms with Crippen molar-refractivity contribution >= 4 is 16.8 Å². The molecule has 0 radical (unpaired) electrons. The van der Waals surface area contributed by atoms with Gasteiger partial charge in [0.15, 0.2) is 0 Å². The van der Waals surface area contributed by atoms with E-state index in [0.29, 0.717) is 6.42 Å². The van der Waals surface area contributed by atoms with Gasteiger partial charge in [0.1, 0.15) is 5.54 Å². The van der Waals surface area contributed by atoms with E-state index in [1.165, 1.54) is 0 Å². The molecule has 0 saturated heterocycles. The third kappa shape index (κ3) is 3.74. The molecule has 0 amide bonds. The number of carbonyl (C=O) groups is 1. The van der Waals surface area contributed by atoms with E-state index in [0.717, 1.165) is 22.4 Å². The van der Waals surface area contributed by atoms with Gasteiger partial charge in [0.05, 0.1) is 12.0 Å². The van der Waals surface area contributed by atoms with E-state index < -0.39 is 5.54 Å². The van der Waals surface area contributed by atoms with Crippen LogP contribution in [-0.4, -0.2) is 14.8 Å². The van der Waals surface area contributed by atoms with Crippen molar-refractivity contribution in [3.8, 4) is 0 Å². The van der Waals surface area contributed by atoms with Gasteiger partial charge >= 0.3 is 0 Å². The van der Waals surface area contributed by atoms with E-state index in [4.69, 9.17) is 11.6 Å². The highest BCUT2D eigenvalue weighted by atomic mass is 35.5. The summed E-state index contributed by atoms with van der Waals surface area (Å²) in [6.45, 7) is 0. The average Bonchev–Trinajstić information content (AvgIpc) is 3.24. The number of halogens is 1. The summed E-state index contributed by atoms with van der Waals surface area (Å²) >= 11 is 5.54. The average molecular weight is 401 g/mol. The topological polar surface area (TPSA) is 34.9 Å². The molecular formula is C25H21ClN2O. The number of benzene rings is 3. The predicted molar refractivity (Wildman–Crippen MR) is 116 cm³/mol. The van der Waals surface area contributed by atoms with Crippen molar-refractivity contribution in [1.82, 2.24) is 9.55 Å². The summed E-state index contributed by atoms with van der Waals surface area (Å²) in [6.07, 6.45) is 4.66. The quantitative estimate of drug-likeness (QED) is 0.306. The van der Waals surface area contributed by atoms with Gasteiger partial charge < -0.3 is 4.57 Å². The third-order valence-electron chi connectivity index (χ3n) is 5.18. The van der Waals surface area contributed by atoms with Crippen LogP contribution in [0.4, 0.5) is 0 Å². The number of nitrogens with zero attached hydrogens (tertiary/aromatic N) is 2. The first-order valence-corrected chi connectivity index (χ1v) is 9.97. The summed E-state index contributed by atoms with van der Waals surface area (Å²) in [6, 6.07) is 31.2. The number of hydrogen-bond acceptors (Lipinski definition) is 2. The zero-order chi connectivity index (χ0) is 20.1. The summed E-state index contributed by atoms with van der Waals surface area (Å²) < 4.78 is 2.14. The Morgan fingerprint density at radius 3 is 1.66 bits per heavy atom. The Labute approximate surface area is 175 Å². The van der Waals surface area contributed by atoms with E-state index in [1.54, 1.807) is 0 Å². The van der Waals surface area contributed by atoms with Gasteiger partial charge in [-0.1, -0.05) is 91.0 Å². The van der Waals surface area contributed by atoms with Gasteiger partial charge in [-0.3, -0.25) is 4.79 Å². The Morgan fingerprint density at radius 2 is 1.24 bits per heavy atom. The van der Waals surface area contributed by atoms with Gasteiger partial charge in [-0.05, 0) is 34.7 Å². The molecule has 0 unspecified atom stereocenters. The number of imidazole rings is 1. The highest BCUT2D eigenvalue weighted by Gasteiger charge is 2.38. The Bertz CT molecular complexity index is 979. The largest absolute Gasteiger partial charge is 0.319 e. The molecule has 0 N–H and O–H groups in total. The summed E-state index contributed by atoms with van der Waals surface area (Å²) in [5, 5.41) is -0.347. The fraction of sp³-hybridized carbons (Fsp3) is 0.120. The lowest BCUT2D eigenvalue weighted by molar-refractivity contribution is -0.111. The molecular weight excluding hydrogens is 380 g/mol. The van der Waals surface area contributed by atoms with Crippen molar-refractivity contribution in [2.75, 3.05) is 0 Å². The lowest BCUT2D eigenvalue weighted by Gasteiger charge is -2.37. The SMILES string of the molecule is O=C(Cl)CCc1cn(C(c2ccccc2)(c2ccccc2)c2ccccc2)cn1. The molecule has 4 aromatic rings. The Morgan fingerprint density at radius 1 is 0.793 bits per heavy atom. The number of aryl methyl sites for hydroxylation is 1. The first-order valence-electron chi connectivity index (χ1n) is 9.59. The summed E-state index contributed by atoms with van der Waals surface area (Å²) in [7, 11) is 0. The van der Waals surface area contributed by atoms with Crippen LogP contribution in [0.15, 0.2) is 104 Å². The van der Waals surface area contributed by atoms with Crippen molar-refractivity contribution < 1.29 is 4.79 Å². The molecule has 0 aliphatic carbocycles. The molecule has 0 atom stereocenters. The van der Waals surface area contributed by atoms with Gasteiger partial charge in [-0.2, -0.15) is 0 Å². The van der Waals surface area contributed by atoms with Crippen LogP contribution in [0.2, 0.25) is 0 Å². The second-order valence-electron chi connectivity index (χ2n) is 6.94. The number of rotatable bonds is 7. The lowest BCUT2D eigenvalue weighted by Crippen LogP contribution is -2.36. The molecule has 4 rings (SSSR count). The van der Waals surface area contributed by atoms with Gasteiger partial charge in [0.25, 0.3) is 0 Å². The predicted octanol–water partition coefficient (Wildman–Crippen LogP) is 5.42. The van der Waals surface area contributed by atoms with Crippen molar-refractivity contribution in [3.63, 3.8) is 0 Å². The fourth-order valence-electron chi connectivity index (χ4n) is 3.89. The van der Waals surface area contributed by atoms with Crippen molar-refractivity contribution in [1.29, 1.82) is 0 Å². The highest BCUT2D eigenvalue weighted by molar-refractivity contribution is 6.63. The van der Waals surface area contributed by atoms with Crippen LogP contribution in [0.1, 0.15) is 28.8 Å². The Hall–Kier alpha value is -3.17. The smallest absolute Gasteiger partial charge is 0.222 e. The Balaban J connectivity index is 1.97. The Kier molecular flexibility index (Phi) is 5.59. The third-order valence-corrected chi connectivity index (χ3v) is 5.36. The van der Waals surface area contributed by atoms with Crippen LogP contribution in [-0.2, 0) is 16.8 Å². The number of carbonyl (C=O) groups excluding carboxylic acids is 1. The second-order valence-corrected chi connectivity index (χ2v) is 7.36. The van der Waals surface area contributed by atoms with E-state index in [1.807, 2.05) is 30.7 Å². The zero-order valence-corrected chi connectivity index (χ0v) is 16.7. The van der Waals surface area contributed by atoms with Crippen LogP contribution in [0.5, 0.6) is 0 Å². The van der Waals surface area contributed by atoms with Crippen LogP contribution >= 0.6 is 11.6 Å². The normalized spacial score (nSPS) is 11.3. The van der Waals surface area contributed by atoms with Crippen LogP contribution in [0.3, 0.4) is 0 Å². The molecule has 0 bridgehead atoms. The van der Waals surface area contributed by atoms with Gasteiger partial charge in [-0.15, -0.1) is 0 Å². The maximum atomic E-state index is 11.2. The molecule has 29 heavy (non-hydrogen) atoms. The maximum absolute atomic E-state index is 11.2. The van der Waals surface area contributed by atoms with Gasteiger partial charge in [-0.25, -0.2) is 4.98 Å². The molecule has 1 aromatic heterocycles. The van der Waals surface area contributed by atoms with Crippen molar-refractivity contribution in [2.45, 2.75) is 18.4 Å². The van der Waals surface area contributed by atoms with E-state index >= 15 is 0 Å². The van der Waals surface area contributed by atoms with Gasteiger partial charge in [0.2, 0.25) is 5.24 Å². The van der Waals surface area contributed by atoms with Gasteiger partial charge in [0, 0.05) is 12.6 Å². The minimum atomic E-state index is -0.583. The summed E-state index contributed by atoms with van der Waals surface area (Å²) in [4.78, 5) is 15.8. The van der Waals surface area contributed by atoms with Crippen molar-refractivity contribution in [2.24, 2.45) is 0 Å².